The third-order valence-electron chi connectivity index (χ3n) is 3.60. The van der Waals surface area contributed by atoms with Crippen LogP contribution in [0.5, 0.6) is 11.5 Å². The van der Waals surface area contributed by atoms with E-state index in [-0.39, 0.29) is 11.7 Å². The maximum absolute atomic E-state index is 9.77. The van der Waals surface area contributed by atoms with Gasteiger partial charge in [-0.15, -0.1) is 10.2 Å². The standard InChI is InChI=1S/C17H16Cl2N6O2S/c1-27-15-5-3-10(7-14(15)26)8-21-22-16-23-24-17(25(16)20)28-9-11-2-4-12(18)13(19)6-11/h2-8,26H,9,20H2,1H3,(H,22,23)/b21-8+. The van der Waals surface area contributed by atoms with Crippen molar-refractivity contribution in [3.63, 3.8) is 0 Å². The van der Waals surface area contributed by atoms with Gasteiger partial charge in [0.25, 0.3) is 5.95 Å². The molecular formula is C17H16Cl2N6O2S. The predicted octanol–water partition coefficient (Wildman–Crippen LogP) is 3.75. The molecule has 0 spiro atoms. The van der Waals surface area contributed by atoms with Gasteiger partial charge in [-0.2, -0.15) is 5.10 Å². The molecule has 0 aliphatic carbocycles. The normalized spacial score (nSPS) is 11.1. The number of anilines is 1. The number of thioether (sulfide) groups is 1. The minimum atomic E-state index is 0.0226. The second kappa shape index (κ2) is 9.05. The maximum atomic E-state index is 9.77. The summed E-state index contributed by atoms with van der Waals surface area (Å²) in [5.74, 6) is 7.27. The molecule has 3 aromatic rings. The Morgan fingerprint density at radius 2 is 2.07 bits per heavy atom. The Hall–Kier alpha value is -2.62. The number of nitrogens with one attached hydrogen (secondary N) is 1. The predicted molar refractivity (Wildman–Crippen MR) is 112 cm³/mol. The minimum absolute atomic E-state index is 0.0226. The summed E-state index contributed by atoms with van der Waals surface area (Å²) in [6.07, 6.45) is 1.51. The van der Waals surface area contributed by atoms with Crippen LogP contribution in [0.4, 0.5) is 5.95 Å². The van der Waals surface area contributed by atoms with Crippen LogP contribution in [-0.2, 0) is 5.75 Å². The lowest BCUT2D eigenvalue weighted by Crippen LogP contribution is -2.13. The first-order valence-electron chi connectivity index (χ1n) is 7.91. The van der Waals surface area contributed by atoms with Gasteiger partial charge in [-0.1, -0.05) is 41.0 Å². The average Bonchev–Trinajstić information content (AvgIpc) is 3.03. The first-order chi connectivity index (χ1) is 13.5. The number of nitrogen functional groups attached to an aromatic ring is 1. The van der Waals surface area contributed by atoms with Gasteiger partial charge < -0.3 is 15.7 Å². The van der Waals surface area contributed by atoms with Gasteiger partial charge in [0, 0.05) is 5.75 Å². The third kappa shape index (κ3) is 4.80. The summed E-state index contributed by atoms with van der Waals surface area (Å²) >= 11 is 13.3. The fourth-order valence-electron chi connectivity index (χ4n) is 2.18. The molecule has 0 bridgehead atoms. The summed E-state index contributed by atoms with van der Waals surface area (Å²) in [5.41, 5.74) is 4.36. The van der Waals surface area contributed by atoms with Crippen LogP contribution in [0.3, 0.4) is 0 Å². The van der Waals surface area contributed by atoms with E-state index in [0.29, 0.717) is 32.3 Å². The Balaban J connectivity index is 1.61. The second-order valence-electron chi connectivity index (χ2n) is 5.51. The number of nitrogens with zero attached hydrogens (tertiary/aromatic N) is 4. The number of phenols is 1. The molecule has 8 nitrogen and oxygen atoms in total. The molecule has 1 heterocycles. The van der Waals surface area contributed by atoms with E-state index in [0.717, 1.165) is 5.56 Å². The largest absolute Gasteiger partial charge is 0.504 e. The summed E-state index contributed by atoms with van der Waals surface area (Å²) < 4.78 is 6.29. The van der Waals surface area contributed by atoms with Gasteiger partial charge in [-0.05, 0) is 41.5 Å². The van der Waals surface area contributed by atoms with Gasteiger partial charge in [0.1, 0.15) is 0 Å². The summed E-state index contributed by atoms with van der Waals surface area (Å²) in [6.45, 7) is 0. The van der Waals surface area contributed by atoms with Gasteiger partial charge in [0.2, 0.25) is 5.16 Å². The highest BCUT2D eigenvalue weighted by Crippen LogP contribution is 2.27. The van der Waals surface area contributed by atoms with Crippen molar-refractivity contribution in [1.82, 2.24) is 14.9 Å². The number of hydrogen-bond acceptors (Lipinski definition) is 8. The van der Waals surface area contributed by atoms with Crippen molar-refractivity contribution in [2.75, 3.05) is 18.4 Å². The zero-order valence-electron chi connectivity index (χ0n) is 14.6. The second-order valence-corrected chi connectivity index (χ2v) is 7.27. The zero-order chi connectivity index (χ0) is 20.1. The van der Waals surface area contributed by atoms with Gasteiger partial charge in [-0.25, -0.2) is 10.1 Å². The lowest BCUT2D eigenvalue weighted by Gasteiger charge is -2.04. The summed E-state index contributed by atoms with van der Waals surface area (Å²) in [4.78, 5) is 0. The molecule has 0 aliphatic heterocycles. The maximum Gasteiger partial charge on any atom is 0.264 e. The van der Waals surface area contributed by atoms with Gasteiger partial charge >= 0.3 is 0 Å². The SMILES string of the molecule is COc1ccc(/C=N/Nc2nnc(SCc3ccc(Cl)c(Cl)c3)n2N)cc1O. The lowest BCUT2D eigenvalue weighted by molar-refractivity contribution is 0.373. The van der Waals surface area contributed by atoms with Crippen LogP contribution in [0.25, 0.3) is 0 Å². The Morgan fingerprint density at radius 1 is 1.25 bits per heavy atom. The number of rotatable bonds is 7. The molecule has 0 saturated carbocycles. The number of aromatic hydroxyl groups is 1. The molecular weight excluding hydrogens is 423 g/mol. The van der Waals surface area contributed by atoms with Gasteiger partial charge in [0.05, 0.1) is 23.4 Å². The number of aromatic nitrogens is 3. The molecule has 1 aromatic heterocycles. The number of benzene rings is 2. The third-order valence-corrected chi connectivity index (χ3v) is 5.35. The van der Waals surface area contributed by atoms with E-state index in [2.05, 4.69) is 20.7 Å². The van der Waals surface area contributed by atoms with Crippen LogP contribution in [-0.4, -0.2) is 33.3 Å². The molecule has 0 radical (unpaired) electrons. The summed E-state index contributed by atoms with van der Waals surface area (Å²) in [5, 5.41) is 23.3. The first kappa shape index (κ1) is 20.1. The Morgan fingerprint density at radius 3 is 2.79 bits per heavy atom. The van der Waals surface area contributed by atoms with Gasteiger partial charge in [0.15, 0.2) is 11.5 Å². The van der Waals surface area contributed by atoms with Crippen molar-refractivity contribution < 1.29 is 9.84 Å². The molecule has 146 valence electrons. The van der Waals surface area contributed by atoms with Crippen LogP contribution in [0.2, 0.25) is 10.0 Å². The molecule has 0 atom stereocenters. The first-order valence-corrected chi connectivity index (χ1v) is 9.65. The number of methoxy groups -OCH3 is 1. The van der Waals surface area contributed by atoms with Crippen LogP contribution >= 0.6 is 35.0 Å². The van der Waals surface area contributed by atoms with Crippen molar-refractivity contribution in [3.05, 3.63) is 57.6 Å². The fourth-order valence-corrected chi connectivity index (χ4v) is 3.30. The Labute approximate surface area is 175 Å². The molecule has 4 N–H and O–H groups in total. The molecule has 3 rings (SSSR count). The monoisotopic (exact) mass is 438 g/mol. The van der Waals surface area contributed by atoms with E-state index in [1.54, 1.807) is 24.3 Å². The van der Waals surface area contributed by atoms with Crippen molar-refractivity contribution in [2.45, 2.75) is 10.9 Å². The van der Waals surface area contributed by atoms with Crippen molar-refractivity contribution in [3.8, 4) is 11.5 Å². The number of hydrogen-bond donors (Lipinski definition) is 3. The van der Waals surface area contributed by atoms with Crippen LogP contribution in [0, 0.1) is 0 Å². The summed E-state index contributed by atoms with van der Waals surface area (Å²) in [7, 11) is 1.48. The molecule has 0 fully saturated rings. The number of ether oxygens (including phenoxy) is 1. The number of nitrogens with two attached hydrogens (primary N) is 1. The Kier molecular flexibility index (Phi) is 6.50. The van der Waals surface area contributed by atoms with E-state index < -0.39 is 0 Å². The highest BCUT2D eigenvalue weighted by molar-refractivity contribution is 7.98. The fraction of sp³-hybridized carbons (Fsp3) is 0.118. The highest BCUT2D eigenvalue weighted by Gasteiger charge is 2.10. The van der Waals surface area contributed by atoms with Crippen LogP contribution in [0.1, 0.15) is 11.1 Å². The topological polar surface area (TPSA) is 111 Å². The smallest absolute Gasteiger partial charge is 0.264 e. The van der Waals surface area contributed by atoms with Crippen molar-refractivity contribution in [1.29, 1.82) is 0 Å². The molecule has 2 aromatic carbocycles. The van der Waals surface area contributed by atoms with E-state index in [9.17, 15) is 5.11 Å². The van der Waals surface area contributed by atoms with Crippen molar-refractivity contribution in [2.24, 2.45) is 5.10 Å². The molecule has 28 heavy (non-hydrogen) atoms. The number of phenolic OH excluding ortho intramolecular Hbond substituents is 1. The lowest BCUT2D eigenvalue weighted by atomic mass is 10.2. The molecule has 0 saturated heterocycles. The zero-order valence-corrected chi connectivity index (χ0v) is 17.0. The average molecular weight is 439 g/mol. The molecule has 0 unspecified atom stereocenters. The summed E-state index contributed by atoms with van der Waals surface area (Å²) in [6, 6.07) is 10.3. The van der Waals surface area contributed by atoms with E-state index >= 15 is 0 Å². The Bertz CT molecular complexity index is 1010. The highest BCUT2D eigenvalue weighted by atomic mass is 35.5. The quantitative estimate of drug-likeness (QED) is 0.223. The number of halogens is 2. The molecule has 0 aliphatic rings. The van der Waals surface area contributed by atoms with Gasteiger partial charge in [-0.3, -0.25) is 0 Å². The van der Waals surface area contributed by atoms with E-state index in [1.165, 1.54) is 35.8 Å². The van der Waals surface area contributed by atoms with Crippen LogP contribution < -0.4 is 16.0 Å². The minimum Gasteiger partial charge on any atom is -0.504 e. The number of hydrazone groups is 1. The molecule has 0 amide bonds. The van der Waals surface area contributed by atoms with E-state index in [4.69, 9.17) is 33.8 Å². The van der Waals surface area contributed by atoms with Crippen molar-refractivity contribution >= 4 is 47.1 Å². The molecule has 11 heteroatoms. The van der Waals surface area contributed by atoms with E-state index in [1.807, 2.05) is 6.07 Å². The van der Waals surface area contributed by atoms with Crippen LogP contribution in [0.15, 0.2) is 46.7 Å².